The van der Waals surface area contributed by atoms with E-state index in [4.69, 9.17) is 23.1 Å². The zero-order chi connectivity index (χ0) is 23.9. The zero-order valence-corrected chi connectivity index (χ0v) is 19.1. The van der Waals surface area contributed by atoms with Crippen molar-refractivity contribution in [2.75, 3.05) is 23.0 Å². The van der Waals surface area contributed by atoms with Gasteiger partial charge >= 0.3 is 0 Å². The number of benzene rings is 1. The number of fused-ring (bicyclic) bond motifs is 1. The van der Waals surface area contributed by atoms with Crippen molar-refractivity contribution in [1.82, 2.24) is 24.5 Å². The first-order valence-corrected chi connectivity index (χ1v) is 11.9. The van der Waals surface area contributed by atoms with E-state index in [-0.39, 0.29) is 44.2 Å². The Morgan fingerprint density at radius 2 is 1.88 bits per heavy atom. The summed E-state index contributed by atoms with van der Waals surface area (Å²) in [6, 6.07) is 7.15. The first kappa shape index (κ1) is 22.4. The summed E-state index contributed by atoms with van der Waals surface area (Å²) in [6.07, 6.45) is 4.07. The number of pyridine rings is 1. The molecule has 0 spiro atoms. The van der Waals surface area contributed by atoms with Gasteiger partial charge in [0.15, 0.2) is 15.7 Å². The van der Waals surface area contributed by atoms with Crippen molar-refractivity contribution in [1.29, 1.82) is 0 Å². The van der Waals surface area contributed by atoms with E-state index in [0.29, 0.717) is 5.69 Å². The van der Waals surface area contributed by atoms with E-state index in [9.17, 15) is 13.2 Å². The lowest BCUT2D eigenvalue weighted by molar-refractivity contribution is 0.602. The Morgan fingerprint density at radius 3 is 2.55 bits per heavy atom. The predicted molar refractivity (Wildman–Crippen MR) is 126 cm³/mol. The van der Waals surface area contributed by atoms with E-state index in [1.807, 2.05) is 0 Å². The molecule has 11 nitrogen and oxygen atoms in total. The van der Waals surface area contributed by atoms with Gasteiger partial charge in [0.25, 0.3) is 5.56 Å². The smallest absolute Gasteiger partial charge is 0.267 e. The summed E-state index contributed by atoms with van der Waals surface area (Å²) in [5, 5.41) is 3.09. The van der Waals surface area contributed by atoms with Gasteiger partial charge in [-0.2, -0.15) is 9.97 Å². The highest BCUT2D eigenvalue weighted by Gasteiger charge is 2.23. The number of sulfone groups is 1. The molecule has 0 saturated carbocycles. The van der Waals surface area contributed by atoms with Gasteiger partial charge < -0.3 is 16.8 Å². The SMILES string of the molecule is C[C@H](Nc1nc(N)nc(N)c1Cl)c1nc2cccc(S(C)(=O)=O)c2c(=O)n1-c1cccnc1. The third kappa shape index (κ3) is 4.17. The summed E-state index contributed by atoms with van der Waals surface area (Å²) in [4.78, 5) is 30.1. The lowest BCUT2D eigenvalue weighted by atomic mass is 10.2. The van der Waals surface area contributed by atoms with E-state index in [2.05, 4.69) is 25.3 Å². The van der Waals surface area contributed by atoms with Crippen LogP contribution >= 0.6 is 11.6 Å². The highest BCUT2D eigenvalue weighted by Crippen LogP contribution is 2.29. The van der Waals surface area contributed by atoms with Crippen molar-refractivity contribution in [3.05, 3.63) is 63.9 Å². The molecule has 0 aliphatic carbocycles. The molecule has 170 valence electrons. The van der Waals surface area contributed by atoms with Crippen molar-refractivity contribution >= 4 is 49.9 Å². The Morgan fingerprint density at radius 1 is 1.12 bits per heavy atom. The van der Waals surface area contributed by atoms with Gasteiger partial charge in [0, 0.05) is 12.5 Å². The molecule has 5 N–H and O–H groups in total. The second kappa shape index (κ2) is 8.30. The molecule has 0 amide bonds. The van der Waals surface area contributed by atoms with Crippen molar-refractivity contribution in [2.24, 2.45) is 0 Å². The average molecular weight is 487 g/mol. The molecular weight excluding hydrogens is 468 g/mol. The van der Waals surface area contributed by atoms with Crippen molar-refractivity contribution in [2.45, 2.75) is 17.9 Å². The van der Waals surface area contributed by atoms with Crippen LogP contribution in [-0.2, 0) is 9.84 Å². The fourth-order valence-corrected chi connectivity index (χ4v) is 4.43. The summed E-state index contributed by atoms with van der Waals surface area (Å²) in [5.74, 6) is 0.331. The van der Waals surface area contributed by atoms with Crippen molar-refractivity contribution in [3.63, 3.8) is 0 Å². The molecule has 3 aromatic heterocycles. The van der Waals surface area contributed by atoms with Crippen molar-refractivity contribution in [3.8, 4) is 5.69 Å². The molecule has 3 heterocycles. The minimum Gasteiger partial charge on any atom is -0.382 e. The number of aromatic nitrogens is 5. The number of halogens is 1. The number of hydrogen-bond donors (Lipinski definition) is 3. The molecule has 0 fully saturated rings. The van der Waals surface area contributed by atoms with Gasteiger partial charge in [-0.3, -0.25) is 14.3 Å². The Labute approximate surface area is 193 Å². The molecule has 0 aliphatic rings. The van der Waals surface area contributed by atoms with Gasteiger partial charge in [0.1, 0.15) is 16.7 Å². The summed E-state index contributed by atoms with van der Waals surface area (Å²) in [7, 11) is -3.69. The molecule has 1 aromatic carbocycles. The minimum atomic E-state index is -3.69. The van der Waals surface area contributed by atoms with Crippen LogP contribution in [-0.4, -0.2) is 39.2 Å². The fraction of sp³-hybridized carbons (Fsp3) is 0.150. The molecular formula is C20H19ClN8O3S. The van der Waals surface area contributed by atoms with Crippen LogP contribution in [0.25, 0.3) is 16.6 Å². The van der Waals surface area contributed by atoms with Gasteiger partial charge in [0.2, 0.25) is 5.95 Å². The molecule has 0 bridgehead atoms. The predicted octanol–water partition coefficient (Wildman–Crippen LogP) is 1.97. The quantitative estimate of drug-likeness (QED) is 0.378. The van der Waals surface area contributed by atoms with Crippen molar-refractivity contribution < 1.29 is 8.42 Å². The van der Waals surface area contributed by atoms with Crippen LogP contribution in [0.3, 0.4) is 0 Å². The number of hydrogen-bond acceptors (Lipinski definition) is 10. The van der Waals surface area contributed by atoms with Gasteiger partial charge in [-0.05, 0) is 31.2 Å². The number of nitrogens with two attached hydrogens (primary N) is 2. The topological polar surface area (TPSA) is 172 Å². The molecule has 1 atom stereocenters. The van der Waals surface area contributed by atoms with E-state index in [1.54, 1.807) is 31.3 Å². The number of nitrogens with one attached hydrogen (secondary N) is 1. The zero-order valence-electron chi connectivity index (χ0n) is 17.5. The van der Waals surface area contributed by atoms with Crippen LogP contribution < -0.4 is 22.3 Å². The summed E-state index contributed by atoms with van der Waals surface area (Å²) < 4.78 is 26.0. The fourth-order valence-electron chi connectivity index (χ4n) is 3.40. The van der Waals surface area contributed by atoms with Gasteiger partial charge in [-0.25, -0.2) is 13.4 Å². The first-order valence-electron chi connectivity index (χ1n) is 9.59. The van der Waals surface area contributed by atoms with Crippen LogP contribution in [0.5, 0.6) is 0 Å². The normalized spacial score (nSPS) is 12.6. The third-order valence-corrected chi connectivity index (χ3v) is 6.34. The largest absolute Gasteiger partial charge is 0.382 e. The summed E-state index contributed by atoms with van der Waals surface area (Å²) in [5.41, 5.74) is 11.5. The monoisotopic (exact) mass is 486 g/mol. The third-order valence-electron chi connectivity index (χ3n) is 4.82. The second-order valence-corrected chi connectivity index (χ2v) is 9.60. The maximum absolute atomic E-state index is 13.7. The maximum atomic E-state index is 13.7. The van der Waals surface area contributed by atoms with E-state index < -0.39 is 21.4 Å². The Kier molecular flexibility index (Phi) is 5.64. The Bertz CT molecular complexity index is 1540. The lowest BCUT2D eigenvalue weighted by Gasteiger charge is -2.21. The average Bonchev–Trinajstić information content (AvgIpc) is 2.76. The lowest BCUT2D eigenvalue weighted by Crippen LogP contribution is -2.28. The Hall–Kier alpha value is -3.77. The van der Waals surface area contributed by atoms with Crippen LogP contribution in [0.15, 0.2) is 52.4 Å². The van der Waals surface area contributed by atoms with E-state index >= 15 is 0 Å². The molecule has 33 heavy (non-hydrogen) atoms. The minimum absolute atomic E-state index is 0.00668. The highest BCUT2D eigenvalue weighted by molar-refractivity contribution is 7.91. The number of nitrogen functional groups attached to an aromatic ring is 2. The standard InChI is InChI=1S/C20H19ClN8O3S/c1-10(25-17-15(21)16(22)27-20(23)28-17)18-26-12-6-3-7-13(33(2,31)32)14(12)19(30)29(18)11-5-4-8-24-9-11/h3-10H,1-2H3,(H5,22,23,25,27,28)/t10-/m0/s1. The van der Waals surface area contributed by atoms with Gasteiger partial charge in [0.05, 0.1) is 33.7 Å². The maximum Gasteiger partial charge on any atom is 0.267 e. The first-order chi connectivity index (χ1) is 15.6. The summed E-state index contributed by atoms with van der Waals surface area (Å²) >= 11 is 6.22. The van der Waals surface area contributed by atoms with E-state index in [0.717, 1.165) is 6.26 Å². The summed E-state index contributed by atoms with van der Waals surface area (Å²) in [6.45, 7) is 1.73. The van der Waals surface area contributed by atoms with Gasteiger partial charge in [-0.1, -0.05) is 17.7 Å². The van der Waals surface area contributed by atoms with Crippen LogP contribution in [0.1, 0.15) is 18.8 Å². The van der Waals surface area contributed by atoms with Crippen LogP contribution in [0.4, 0.5) is 17.6 Å². The number of rotatable bonds is 5. The molecule has 0 aliphatic heterocycles. The molecule has 0 saturated heterocycles. The van der Waals surface area contributed by atoms with Crippen LogP contribution in [0, 0.1) is 0 Å². The molecule has 4 aromatic rings. The second-order valence-electron chi connectivity index (χ2n) is 7.24. The molecule has 13 heteroatoms. The highest BCUT2D eigenvalue weighted by atomic mass is 35.5. The molecule has 0 radical (unpaired) electrons. The molecule has 4 rings (SSSR count). The van der Waals surface area contributed by atoms with Gasteiger partial charge in [-0.15, -0.1) is 0 Å². The molecule has 0 unspecified atom stereocenters. The number of nitrogens with zero attached hydrogens (tertiary/aromatic N) is 5. The van der Waals surface area contributed by atoms with Crippen LogP contribution in [0.2, 0.25) is 5.02 Å². The van der Waals surface area contributed by atoms with E-state index in [1.165, 1.54) is 22.9 Å². The Balaban J connectivity index is 1.99. The number of anilines is 3.